The molecule has 1 aromatic heterocycles. The quantitative estimate of drug-likeness (QED) is 0.680. The molecule has 0 bridgehead atoms. The van der Waals surface area contributed by atoms with Crippen LogP contribution in [-0.2, 0) is 4.79 Å². The van der Waals surface area contributed by atoms with Gasteiger partial charge in [0.1, 0.15) is 5.75 Å². The lowest BCUT2D eigenvalue weighted by Crippen LogP contribution is -2.48. The summed E-state index contributed by atoms with van der Waals surface area (Å²) in [6.45, 7) is 6.84. The Morgan fingerprint density at radius 3 is 2.78 bits per heavy atom. The van der Waals surface area contributed by atoms with Gasteiger partial charge in [-0.2, -0.15) is 0 Å². The van der Waals surface area contributed by atoms with E-state index in [1.54, 1.807) is 0 Å². The molecule has 1 aliphatic rings. The number of carbonyl (C=O) groups excluding carboxylic acids is 1. The van der Waals surface area contributed by atoms with Crippen LogP contribution in [0.1, 0.15) is 40.0 Å². The number of carbonyl (C=O) groups is 1. The van der Waals surface area contributed by atoms with Crippen LogP contribution in [0.5, 0.6) is 5.75 Å². The van der Waals surface area contributed by atoms with Crippen molar-refractivity contribution in [3.63, 3.8) is 0 Å². The van der Waals surface area contributed by atoms with Crippen molar-refractivity contribution in [1.82, 2.24) is 15.1 Å². The Labute approximate surface area is 168 Å². The average molecular weight is 407 g/mol. The van der Waals surface area contributed by atoms with Gasteiger partial charge in [0.05, 0.1) is 18.0 Å². The topological polar surface area (TPSA) is 67.3 Å². The van der Waals surface area contributed by atoms with Crippen molar-refractivity contribution >= 4 is 39.8 Å². The van der Waals surface area contributed by atoms with E-state index < -0.39 is 0 Å². The Hall–Kier alpha value is -1.80. The Balaban J connectivity index is 1.57. The lowest BCUT2D eigenvalue weighted by molar-refractivity contribution is -0.134. The molecular weight excluding hydrogens is 380 g/mol. The summed E-state index contributed by atoms with van der Waals surface area (Å²) in [5, 5.41) is 12.3. The van der Waals surface area contributed by atoms with Gasteiger partial charge < -0.3 is 15.0 Å². The molecule has 2 heterocycles. The molecule has 3 rings (SSSR count). The van der Waals surface area contributed by atoms with E-state index in [4.69, 9.17) is 4.74 Å². The van der Waals surface area contributed by atoms with Crippen LogP contribution in [0.15, 0.2) is 28.6 Å². The van der Waals surface area contributed by atoms with Crippen LogP contribution in [0.4, 0.5) is 10.8 Å². The molecule has 2 aromatic rings. The van der Waals surface area contributed by atoms with E-state index in [2.05, 4.69) is 29.4 Å². The number of thioether (sulfide) groups is 1. The third kappa shape index (κ3) is 5.13. The van der Waals surface area contributed by atoms with Gasteiger partial charge in [-0.15, -0.1) is 10.2 Å². The van der Waals surface area contributed by atoms with Crippen LogP contribution < -0.4 is 10.1 Å². The first-order valence-electron chi connectivity index (χ1n) is 9.34. The Morgan fingerprint density at radius 1 is 1.30 bits per heavy atom. The van der Waals surface area contributed by atoms with E-state index in [0.717, 1.165) is 28.6 Å². The molecule has 146 valence electrons. The number of hydrogen-bond donors (Lipinski definition) is 1. The summed E-state index contributed by atoms with van der Waals surface area (Å²) in [7, 11) is 0. The smallest absolute Gasteiger partial charge is 0.233 e. The Morgan fingerprint density at radius 2 is 2.04 bits per heavy atom. The average Bonchev–Trinajstić information content (AvgIpc) is 3.09. The monoisotopic (exact) mass is 406 g/mol. The molecule has 27 heavy (non-hydrogen) atoms. The fourth-order valence-electron chi connectivity index (χ4n) is 3.40. The molecule has 0 unspecified atom stereocenters. The molecule has 1 N–H and O–H groups in total. The zero-order valence-electron chi connectivity index (χ0n) is 16.0. The zero-order valence-corrected chi connectivity index (χ0v) is 17.6. The van der Waals surface area contributed by atoms with Crippen molar-refractivity contribution in [3.8, 4) is 5.75 Å². The van der Waals surface area contributed by atoms with Crippen LogP contribution in [-0.4, -0.2) is 45.4 Å². The second kappa shape index (κ2) is 9.41. The van der Waals surface area contributed by atoms with Crippen LogP contribution in [0.3, 0.4) is 0 Å². The van der Waals surface area contributed by atoms with Gasteiger partial charge in [0, 0.05) is 12.1 Å². The highest BCUT2D eigenvalue weighted by Crippen LogP contribution is 2.32. The normalized spacial score (nSPS) is 19.7. The minimum Gasteiger partial charge on any atom is -0.492 e. The molecule has 1 fully saturated rings. The lowest BCUT2D eigenvalue weighted by atomic mass is 9.98. The first-order chi connectivity index (χ1) is 13.1. The van der Waals surface area contributed by atoms with Gasteiger partial charge in [0.2, 0.25) is 11.0 Å². The van der Waals surface area contributed by atoms with Crippen LogP contribution in [0.25, 0.3) is 0 Å². The number of aromatic nitrogens is 2. The molecule has 6 nitrogen and oxygen atoms in total. The fraction of sp³-hybridized carbons (Fsp3) is 0.526. The van der Waals surface area contributed by atoms with Gasteiger partial charge in [-0.1, -0.05) is 35.2 Å². The van der Waals surface area contributed by atoms with Crippen LogP contribution in [0, 0.1) is 0 Å². The zero-order chi connectivity index (χ0) is 19.2. The van der Waals surface area contributed by atoms with E-state index in [0.29, 0.717) is 29.6 Å². The molecule has 1 aromatic carbocycles. The molecule has 0 aliphatic carbocycles. The van der Waals surface area contributed by atoms with Crippen molar-refractivity contribution in [2.45, 2.75) is 56.5 Å². The van der Waals surface area contributed by atoms with Crippen LogP contribution in [0.2, 0.25) is 0 Å². The summed E-state index contributed by atoms with van der Waals surface area (Å²) in [4.78, 5) is 14.7. The number of ether oxygens (including phenoxy) is 1. The number of nitrogens with one attached hydrogen (secondary N) is 1. The number of para-hydroxylation sites is 2. The Bertz CT molecular complexity index is 758. The predicted molar refractivity (Wildman–Crippen MR) is 111 cm³/mol. The van der Waals surface area contributed by atoms with Crippen molar-refractivity contribution in [2.24, 2.45) is 0 Å². The number of benzene rings is 1. The first kappa shape index (κ1) is 19.9. The summed E-state index contributed by atoms with van der Waals surface area (Å²) < 4.78 is 6.41. The molecule has 1 aliphatic heterocycles. The number of piperidine rings is 1. The van der Waals surface area contributed by atoms with E-state index in [1.807, 2.05) is 36.1 Å². The Kier molecular flexibility index (Phi) is 6.95. The predicted octanol–water partition coefficient (Wildman–Crippen LogP) is 4.56. The number of hydrogen-bond acceptors (Lipinski definition) is 7. The van der Waals surface area contributed by atoms with Gasteiger partial charge in [-0.05, 0) is 52.2 Å². The van der Waals surface area contributed by atoms with E-state index >= 15 is 0 Å². The first-order valence-corrected chi connectivity index (χ1v) is 11.1. The molecule has 1 amide bonds. The van der Waals surface area contributed by atoms with Gasteiger partial charge in [-0.3, -0.25) is 4.79 Å². The number of nitrogens with zero attached hydrogens (tertiary/aromatic N) is 3. The maximum Gasteiger partial charge on any atom is 0.233 e. The summed E-state index contributed by atoms with van der Waals surface area (Å²) in [5.41, 5.74) is 0.860. The highest BCUT2D eigenvalue weighted by molar-refractivity contribution is 8.01. The summed E-state index contributed by atoms with van der Waals surface area (Å²) in [6, 6.07) is 8.39. The number of rotatable bonds is 7. The standard InChI is InChI=1S/C19H26N4O2S2/c1-4-25-16-11-6-5-10-15(16)20-18-21-22-19(27-18)26-12-17(24)23-13(2)8-7-9-14(23)3/h5-6,10-11,13-14H,4,7-9,12H2,1-3H3,(H,20,21)/t13-,14-/m0/s1. The van der Waals surface area contributed by atoms with Crippen LogP contribution >= 0.6 is 23.1 Å². The number of likely N-dealkylation sites (tertiary alicyclic amines) is 1. The maximum atomic E-state index is 12.6. The third-order valence-corrected chi connectivity index (χ3v) is 6.59. The fourth-order valence-corrected chi connectivity index (χ4v) is 5.03. The number of amides is 1. The van der Waals surface area contributed by atoms with Crippen molar-refractivity contribution < 1.29 is 9.53 Å². The summed E-state index contributed by atoms with van der Waals surface area (Å²) in [6.07, 6.45) is 3.38. The molecular formula is C19H26N4O2S2. The SMILES string of the molecule is CCOc1ccccc1Nc1nnc(SCC(=O)N2[C@@H](C)CCC[C@@H]2C)s1. The van der Waals surface area contributed by atoms with E-state index in [9.17, 15) is 4.79 Å². The van der Waals surface area contributed by atoms with Crippen molar-refractivity contribution in [2.75, 3.05) is 17.7 Å². The van der Waals surface area contributed by atoms with E-state index in [1.165, 1.54) is 29.5 Å². The molecule has 2 atom stereocenters. The molecule has 1 saturated heterocycles. The summed E-state index contributed by atoms with van der Waals surface area (Å²) >= 11 is 2.90. The van der Waals surface area contributed by atoms with Crippen molar-refractivity contribution in [3.05, 3.63) is 24.3 Å². The second-order valence-electron chi connectivity index (χ2n) is 6.65. The molecule has 0 spiro atoms. The number of anilines is 2. The summed E-state index contributed by atoms with van der Waals surface area (Å²) in [5.74, 6) is 1.37. The molecule has 8 heteroatoms. The minimum absolute atomic E-state index is 0.186. The van der Waals surface area contributed by atoms with Gasteiger partial charge in [-0.25, -0.2) is 0 Å². The highest BCUT2D eigenvalue weighted by Gasteiger charge is 2.28. The lowest BCUT2D eigenvalue weighted by Gasteiger charge is -2.39. The third-order valence-electron chi connectivity index (χ3n) is 4.64. The molecule has 0 saturated carbocycles. The largest absolute Gasteiger partial charge is 0.492 e. The van der Waals surface area contributed by atoms with Gasteiger partial charge in [0.15, 0.2) is 4.34 Å². The van der Waals surface area contributed by atoms with E-state index in [-0.39, 0.29) is 5.91 Å². The molecule has 0 radical (unpaired) electrons. The second-order valence-corrected chi connectivity index (χ2v) is 8.85. The minimum atomic E-state index is 0.186. The van der Waals surface area contributed by atoms with Gasteiger partial charge in [0.25, 0.3) is 0 Å². The maximum absolute atomic E-state index is 12.6. The highest BCUT2D eigenvalue weighted by atomic mass is 32.2. The van der Waals surface area contributed by atoms with Crippen molar-refractivity contribution in [1.29, 1.82) is 0 Å². The van der Waals surface area contributed by atoms with Gasteiger partial charge >= 0.3 is 0 Å².